The summed E-state index contributed by atoms with van der Waals surface area (Å²) in [5.41, 5.74) is 0.418. The first kappa shape index (κ1) is 13.7. The minimum Gasteiger partial charge on any atom is -0.460 e. The van der Waals surface area contributed by atoms with Crippen LogP contribution in [0.4, 0.5) is 0 Å². The van der Waals surface area contributed by atoms with E-state index in [1.807, 2.05) is 6.92 Å². The van der Waals surface area contributed by atoms with Gasteiger partial charge < -0.3 is 9.47 Å². The van der Waals surface area contributed by atoms with Crippen molar-refractivity contribution in [2.75, 3.05) is 19.8 Å². The standard InChI is InChI=1S/C8H14O3.CH3/c1-4-10-5-6-11-8(9)7(2)3;/h2,4-6H2,1,3H3;1H3. The summed E-state index contributed by atoms with van der Waals surface area (Å²) in [7, 11) is 0. The zero-order chi connectivity index (χ0) is 8.69. The van der Waals surface area contributed by atoms with Crippen LogP contribution in [0.15, 0.2) is 12.2 Å². The Hall–Kier alpha value is -0.830. The van der Waals surface area contributed by atoms with Crippen molar-refractivity contribution in [1.82, 2.24) is 0 Å². The quantitative estimate of drug-likeness (QED) is 0.360. The van der Waals surface area contributed by atoms with E-state index >= 15 is 0 Å². The number of carbonyl (C=O) groups excluding carboxylic acids is 1. The molecule has 0 aromatic carbocycles. The molecule has 0 aliphatic heterocycles. The van der Waals surface area contributed by atoms with E-state index in [-0.39, 0.29) is 13.4 Å². The smallest absolute Gasteiger partial charge is 0.333 e. The van der Waals surface area contributed by atoms with E-state index in [1.165, 1.54) is 0 Å². The zero-order valence-corrected chi connectivity index (χ0v) is 8.05. The lowest BCUT2D eigenvalue weighted by molar-refractivity contribution is -0.140. The van der Waals surface area contributed by atoms with Crippen molar-refractivity contribution in [3.8, 4) is 0 Å². The molecular formula is C9H17O3. The van der Waals surface area contributed by atoms with E-state index in [0.717, 1.165) is 0 Å². The second kappa shape index (κ2) is 8.27. The van der Waals surface area contributed by atoms with Gasteiger partial charge in [-0.1, -0.05) is 14.0 Å². The Morgan fingerprint density at radius 2 is 2.00 bits per heavy atom. The van der Waals surface area contributed by atoms with Crippen LogP contribution >= 0.6 is 0 Å². The van der Waals surface area contributed by atoms with E-state index < -0.39 is 0 Å². The van der Waals surface area contributed by atoms with Crippen molar-refractivity contribution in [1.29, 1.82) is 0 Å². The molecule has 0 unspecified atom stereocenters. The molecule has 0 rings (SSSR count). The van der Waals surface area contributed by atoms with Crippen LogP contribution in [0.5, 0.6) is 0 Å². The fraction of sp³-hybridized carbons (Fsp3) is 0.556. The Morgan fingerprint density at radius 1 is 1.42 bits per heavy atom. The highest BCUT2D eigenvalue weighted by Crippen LogP contribution is 1.91. The third kappa shape index (κ3) is 7.28. The van der Waals surface area contributed by atoms with Crippen LogP contribution < -0.4 is 0 Å². The zero-order valence-electron chi connectivity index (χ0n) is 8.05. The first-order chi connectivity index (χ1) is 5.18. The van der Waals surface area contributed by atoms with Gasteiger partial charge in [-0.15, -0.1) is 0 Å². The van der Waals surface area contributed by atoms with Crippen LogP contribution in [0.2, 0.25) is 0 Å². The highest BCUT2D eigenvalue weighted by atomic mass is 16.6. The van der Waals surface area contributed by atoms with E-state index in [4.69, 9.17) is 9.47 Å². The van der Waals surface area contributed by atoms with Gasteiger partial charge in [0.1, 0.15) is 6.61 Å². The van der Waals surface area contributed by atoms with Crippen LogP contribution in [-0.4, -0.2) is 25.8 Å². The molecule has 3 nitrogen and oxygen atoms in total. The molecule has 1 radical (unpaired) electrons. The number of rotatable bonds is 5. The molecule has 0 atom stereocenters. The van der Waals surface area contributed by atoms with E-state index in [9.17, 15) is 4.79 Å². The fourth-order valence-corrected chi connectivity index (χ4v) is 0.461. The lowest BCUT2D eigenvalue weighted by atomic mass is 10.4. The summed E-state index contributed by atoms with van der Waals surface area (Å²) in [6.07, 6.45) is 0. The second-order valence-electron chi connectivity index (χ2n) is 2.11. The third-order valence-electron chi connectivity index (χ3n) is 1.01. The minimum atomic E-state index is -0.357. The molecule has 0 aromatic heterocycles. The van der Waals surface area contributed by atoms with Crippen molar-refractivity contribution in [3.63, 3.8) is 0 Å². The Bertz CT molecular complexity index is 141. The number of carbonyl (C=O) groups is 1. The largest absolute Gasteiger partial charge is 0.460 e. The molecule has 0 amide bonds. The van der Waals surface area contributed by atoms with Crippen LogP contribution in [0.25, 0.3) is 0 Å². The molecule has 12 heavy (non-hydrogen) atoms. The van der Waals surface area contributed by atoms with Gasteiger partial charge in [0.15, 0.2) is 0 Å². The average Bonchev–Trinajstić information content (AvgIpc) is 1.97. The molecule has 71 valence electrons. The molecular weight excluding hydrogens is 156 g/mol. The van der Waals surface area contributed by atoms with Crippen LogP contribution in [-0.2, 0) is 14.3 Å². The molecule has 0 saturated heterocycles. The van der Waals surface area contributed by atoms with Gasteiger partial charge in [-0.25, -0.2) is 4.79 Å². The fourth-order valence-electron chi connectivity index (χ4n) is 0.461. The number of hydrogen-bond donors (Lipinski definition) is 0. The van der Waals surface area contributed by atoms with Crippen molar-refractivity contribution >= 4 is 5.97 Å². The lowest BCUT2D eigenvalue weighted by Crippen LogP contribution is -2.10. The molecule has 0 aliphatic carbocycles. The maximum absolute atomic E-state index is 10.7. The molecule has 0 saturated carbocycles. The Kier molecular flexibility index (Phi) is 9.47. The van der Waals surface area contributed by atoms with Gasteiger partial charge in [0.2, 0.25) is 0 Å². The monoisotopic (exact) mass is 173 g/mol. The van der Waals surface area contributed by atoms with Gasteiger partial charge in [0.25, 0.3) is 0 Å². The molecule has 3 heteroatoms. The number of ether oxygens (including phenoxy) is 2. The van der Waals surface area contributed by atoms with Crippen molar-refractivity contribution in [3.05, 3.63) is 19.6 Å². The van der Waals surface area contributed by atoms with Crippen LogP contribution in [0, 0.1) is 7.43 Å². The van der Waals surface area contributed by atoms with Crippen molar-refractivity contribution in [2.45, 2.75) is 13.8 Å². The molecule has 0 aromatic rings. The van der Waals surface area contributed by atoms with Gasteiger partial charge in [-0.3, -0.25) is 0 Å². The summed E-state index contributed by atoms with van der Waals surface area (Å²) in [6.45, 7) is 8.34. The number of esters is 1. The van der Waals surface area contributed by atoms with Crippen LogP contribution in [0.1, 0.15) is 13.8 Å². The Morgan fingerprint density at radius 3 is 2.42 bits per heavy atom. The maximum atomic E-state index is 10.7. The molecule has 0 aliphatic rings. The highest BCUT2D eigenvalue weighted by Gasteiger charge is 2.00. The molecule has 0 N–H and O–H groups in total. The maximum Gasteiger partial charge on any atom is 0.333 e. The highest BCUT2D eigenvalue weighted by molar-refractivity contribution is 5.86. The van der Waals surface area contributed by atoms with Gasteiger partial charge in [0.05, 0.1) is 6.61 Å². The topological polar surface area (TPSA) is 35.5 Å². The molecule has 0 bridgehead atoms. The van der Waals surface area contributed by atoms with Crippen LogP contribution in [0.3, 0.4) is 0 Å². The summed E-state index contributed by atoms with van der Waals surface area (Å²) in [6, 6.07) is 0. The van der Waals surface area contributed by atoms with E-state index in [1.54, 1.807) is 6.92 Å². The second-order valence-corrected chi connectivity index (χ2v) is 2.11. The average molecular weight is 173 g/mol. The van der Waals surface area contributed by atoms with E-state index in [2.05, 4.69) is 6.58 Å². The summed E-state index contributed by atoms with van der Waals surface area (Å²) in [5.74, 6) is -0.357. The summed E-state index contributed by atoms with van der Waals surface area (Å²) < 4.78 is 9.70. The first-order valence-electron chi connectivity index (χ1n) is 3.58. The predicted octanol–water partition coefficient (Wildman–Crippen LogP) is 1.59. The first-order valence-corrected chi connectivity index (χ1v) is 3.58. The van der Waals surface area contributed by atoms with Crippen molar-refractivity contribution < 1.29 is 14.3 Å². The molecule has 0 fully saturated rings. The minimum absolute atomic E-state index is 0. The summed E-state index contributed by atoms with van der Waals surface area (Å²) in [4.78, 5) is 10.7. The molecule has 0 heterocycles. The van der Waals surface area contributed by atoms with Gasteiger partial charge in [-0.2, -0.15) is 0 Å². The van der Waals surface area contributed by atoms with E-state index in [0.29, 0.717) is 25.4 Å². The molecule has 0 spiro atoms. The normalized spacial score (nSPS) is 8.50. The predicted molar refractivity (Wildman–Crippen MR) is 48.7 cm³/mol. The Balaban J connectivity index is 0. The third-order valence-corrected chi connectivity index (χ3v) is 1.01. The van der Waals surface area contributed by atoms with Gasteiger partial charge >= 0.3 is 5.97 Å². The lowest BCUT2D eigenvalue weighted by Gasteiger charge is -2.03. The SMILES string of the molecule is C=C(C)C(=O)OCCOCC.[CH3]. The number of hydrogen-bond acceptors (Lipinski definition) is 3. The summed E-state index contributed by atoms with van der Waals surface area (Å²) in [5, 5.41) is 0. The Labute approximate surface area is 74.4 Å². The van der Waals surface area contributed by atoms with Gasteiger partial charge in [0, 0.05) is 12.2 Å². The summed E-state index contributed by atoms with van der Waals surface area (Å²) >= 11 is 0. The van der Waals surface area contributed by atoms with Gasteiger partial charge in [-0.05, 0) is 13.8 Å². The van der Waals surface area contributed by atoms with Crippen molar-refractivity contribution in [2.24, 2.45) is 0 Å².